The summed E-state index contributed by atoms with van der Waals surface area (Å²) in [5, 5.41) is 4.18. The van der Waals surface area contributed by atoms with E-state index in [4.69, 9.17) is 34.8 Å². The zero-order valence-corrected chi connectivity index (χ0v) is 29.7. The van der Waals surface area contributed by atoms with Gasteiger partial charge in [-0.3, -0.25) is 13.9 Å². The Kier molecular flexibility index (Phi) is 12.1. The molecule has 5 rings (SSSR count). The molecule has 0 heterocycles. The Morgan fingerprint density at radius 3 is 2.15 bits per heavy atom. The van der Waals surface area contributed by atoms with Gasteiger partial charge in [-0.25, -0.2) is 8.42 Å². The molecular weight excluding hydrogens is 689 g/mol. The maximum Gasteiger partial charge on any atom is 0.264 e. The molecule has 0 radical (unpaired) electrons. The number of sulfonamides is 1. The third-order valence-corrected chi connectivity index (χ3v) is 11.4. The van der Waals surface area contributed by atoms with E-state index in [1.807, 2.05) is 30.3 Å². The Hall–Kier alpha value is -3.56. The molecule has 0 bridgehead atoms. The number of benzene rings is 4. The Morgan fingerprint density at radius 2 is 1.48 bits per heavy atom. The van der Waals surface area contributed by atoms with Gasteiger partial charge < -0.3 is 10.2 Å². The largest absolute Gasteiger partial charge is 0.352 e. The maximum atomic E-state index is 14.7. The second kappa shape index (κ2) is 16.2. The van der Waals surface area contributed by atoms with Gasteiger partial charge in [0.05, 0.1) is 20.6 Å². The number of amides is 2. The van der Waals surface area contributed by atoms with E-state index in [0.717, 1.165) is 42.0 Å². The minimum atomic E-state index is -4.25. The fourth-order valence-electron chi connectivity index (χ4n) is 6.02. The number of nitrogens with zero attached hydrogens (tertiary/aromatic N) is 2. The topological polar surface area (TPSA) is 86.8 Å². The van der Waals surface area contributed by atoms with Crippen molar-refractivity contribution in [2.24, 2.45) is 0 Å². The van der Waals surface area contributed by atoms with Crippen LogP contribution in [-0.4, -0.2) is 43.8 Å². The number of aryl methyl sites for hydroxylation is 1. The summed E-state index contributed by atoms with van der Waals surface area (Å²) < 4.78 is 29.6. The Morgan fingerprint density at radius 1 is 0.812 bits per heavy atom. The average Bonchev–Trinajstić information content (AvgIpc) is 3.09. The lowest BCUT2D eigenvalue weighted by Gasteiger charge is -2.35. The van der Waals surface area contributed by atoms with Crippen molar-refractivity contribution in [2.75, 3.05) is 10.8 Å². The van der Waals surface area contributed by atoms with Crippen LogP contribution in [0, 0.1) is 6.92 Å². The smallest absolute Gasteiger partial charge is 0.264 e. The van der Waals surface area contributed by atoms with Crippen molar-refractivity contribution in [3.8, 4) is 0 Å². The number of anilines is 1. The van der Waals surface area contributed by atoms with Crippen molar-refractivity contribution in [3.63, 3.8) is 0 Å². The molecule has 1 atom stereocenters. The molecule has 11 heteroatoms. The Labute approximate surface area is 297 Å². The van der Waals surface area contributed by atoms with Gasteiger partial charge in [-0.1, -0.05) is 115 Å². The number of carbonyl (C=O) groups excluding carboxylic acids is 2. The molecule has 4 aromatic rings. The summed E-state index contributed by atoms with van der Waals surface area (Å²) in [6.45, 7) is 1.16. The van der Waals surface area contributed by atoms with E-state index in [1.54, 1.807) is 55.5 Å². The van der Waals surface area contributed by atoms with Crippen LogP contribution < -0.4 is 9.62 Å². The van der Waals surface area contributed by atoms with E-state index in [1.165, 1.54) is 23.1 Å². The van der Waals surface area contributed by atoms with Gasteiger partial charge in [-0.05, 0) is 72.9 Å². The number of halogens is 3. The molecule has 4 aromatic carbocycles. The van der Waals surface area contributed by atoms with Gasteiger partial charge in [0.15, 0.2) is 0 Å². The molecule has 1 aliphatic carbocycles. The summed E-state index contributed by atoms with van der Waals surface area (Å²) >= 11 is 19.0. The number of hydrogen-bond donors (Lipinski definition) is 1. The van der Waals surface area contributed by atoms with Crippen LogP contribution in [0.1, 0.15) is 48.8 Å². The van der Waals surface area contributed by atoms with Crippen LogP contribution in [0.4, 0.5) is 5.69 Å². The molecule has 0 spiro atoms. The molecule has 1 fully saturated rings. The van der Waals surface area contributed by atoms with E-state index in [9.17, 15) is 18.0 Å². The Bertz CT molecular complexity index is 1840. The second-order valence-electron chi connectivity index (χ2n) is 12.1. The minimum Gasteiger partial charge on any atom is -0.352 e. The van der Waals surface area contributed by atoms with Crippen molar-refractivity contribution >= 4 is 62.3 Å². The third-order valence-electron chi connectivity index (χ3n) is 8.61. The maximum absolute atomic E-state index is 14.7. The number of hydrogen-bond acceptors (Lipinski definition) is 4. The summed E-state index contributed by atoms with van der Waals surface area (Å²) in [5.74, 6) is -0.866. The summed E-state index contributed by atoms with van der Waals surface area (Å²) in [6, 6.07) is 26.4. The predicted octanol–water partition coefficient (Wildman–Crippen LogP) is 8.24. The van der Waals surface area contributed by atoms with Gasteiger partial charge in [0, 0.05) is 24.0 Å². The molecule has 0 aliphatic heterocycles. The molecule has 252 valence electrons. The van der Waals surface area contributed by atoms with Crippen LogP contribution in [0.25, 0.3) is 0 Å². The van der Waals surface area contributed by atoms with Gasteiger partial charge >= 0.3 is 0 Å². The monoisotopic (exact) mass is 725 g/mol. The van der Waals surface area contributed by atoms with Crippen molar-refractivity contribution < 1.29 is 18.0 Å². The predicted molar refractivity (Wildman–Crippen MR) is 193 cm³/mol. The van der Waals surface area contributed by atoms with Gasteiger partial charge in [-0.15, -0.1) is 0 Å². The first-order valence-corrected chi connectivity index (χ1v) is 18.5. The molecule has 2 amide bonds. The summed E-state index contributed by atoms with van der Waals surface area (Å²) in [5.41, 5.74) is 2.37. The fourth-order valence-corrected chi connectivity index (χ4v) is 8.00. The molecule has 48 heavy (non-hydrogen) atoms. The SMILES string of the molecule is Cc1ccc(Cl)cc1N(CC(=O)N(Cc1ccc(Cl)c(Cl)c1)[C@@H](Cc1ccccc1)C(=O)NC1CCCCC1)S(=O)(=O)c1ccccc1. The molecule has 0 unspecified atom stereocenters. The van der Waals surface area contributed by atoms with Crippen LogP contribution in [0.3, 0.4) is 0 Å². The molecule has 0 saturated heterocycles. The first kappa shape index (κ1) is 35.7. The molecule has 1 saturated carbocycles. The van der Waals surface area contributed by atoms with E-state index < -0.39 is 28.5 Å². The second-order valence-corrected chi connectivity index (χ2v) is 15.2. The highest BCUT2D eigenvalue weighted by Crippen LogP contribution is 2.31. The van der Waals surface area contributed by atoms with Gasteiger partial charge in [0.1, 0.15) is 12.6 Å². The highest BCUT2D eigenvalue weighted by atomic mass is 35.5. The van der Waals surface area contributed by atoms with Crippen molar-refractivity contribution in [1.82, 2.24) is 10.2 Å². The molecule has 0 aromatic heterocycles. The Balaban J connectivity index is 1.59. The fraction of sp³-hybridized carbons (Fsp3) is 0.297. The lowest BCUT2D eigenvalue weighted by Crippen LogP contribution is -2.55. The first-order valence-electron chi connectivity index (χ1n) is 15.9. The summed E-state index contributed by atoms with van der Waals surface area (Å²) in [4.78, 5) is 30.5. The molecule has 7 nitrogen and oxygen atoms in total. The van der Waals surface area contributed by atoms with Gasteiger partial charge in [0.2, 0.25) is 11.8 Å². The number of rotatable bonds is 12. The highest BCUT2D eigenvalue weighted by molar-refractivity contribution is 7.92. The van der Waals surface area contributed by atoms with Crippen LogP contribution >= 0.6 is 34.8 Å². The molecular formula is C37H38Cl3N3O4S. The van der Waals surface area contributed by atoms with Crippen LogP contribution in [0.2, 0.25) is 15.1 Å². The van der Waals surface area contributed by atoms with Crippen LogP contribution in [-0.2, 0) is 32.6 Å². The standard InChI is InChI=1S/C37H38Cl3N3O4S/c1-26-17-19-29(38)23-34(26)43(48(46,47)31-15-9-4-10-16-31)25-36(44)42(24-28-18-20-32(39)33(40)21-28)35(22-27-11-5-2-6-12-27)37(45)41-30-13-7-3-8-14-30/h2,4-6,9-12,15-21,23,30,35H,3,7-8,13-14,22,24-25H2,1H3,(H,41,45)/t35-/m0/s1. The zero-order chi connectivity index (χ0) is 34.3. The lowest BCUT2D eigenvalue weighted by atomic mass is 9.94. The zero-order valence-electron chi connectivity index (χ0n) is 26.6. The average molecular weight is 727 g/mol. The van der Waals surface area contributed by atoms with Gasteiger partial charge in [0.25, 0.3) is 10.0 Å². The summed E-state index contributed by atoms with van der Waals surface area (Å²) in [7, 11) is -4.25. The van der Waals surface area contributed by atoms with E-state index in [-0.39, 0.29) is 35.5 Å². The quantitative estimate of drug-likeness (QED) is 0.159. The van der Waals surface area contributed by atoms with Crippen molar-refractivity contribution in [3.05, 3.63) is 129 Å². The number of nitrogens with one attached hydrogen (secondary N) is 1. The highest BCUT2D eigenvalue weighted by Gasteiger charge is 2.36. The van der Waals surface area contributed by atoms with Crippen molar-refractivity contribution in [1.29, 1.82) is 0 Å². The number of carbonyl (C=O) groups is 2. The van der Waals surface area contributed by atoms with Crippen LogP contribution in [0.15, 0.2) is 102 Å². The summed E-state index contributed by atoms with van der Waals surface area (Å²) in [6.07, 6.45) is 5.10. The molecule has 1 aliphatic rings. The third kappa shape index (κ3) is 8.91. The first-order chi connectivity index (χ1) is 23.0. The molecule has 1 N–H and O–H groups in total. The van der Waals surface area contributed by atoms with Crippen LogP contribution in [0.5, 0.6) is 0 Å². The van der Waals surface area contributed by atoms with Crippen molar-refractivity contribution in [2.45, 2.75) is 69.0 Å². The minimum absolute atomic E-state index is 0.00415. The van der Waals surface area contributed by atoms with Gasteiger partial charge in [-0.2, -0.15) is 0 Å². The van der Waals surface area contributed by atoms with E-state index in [2.05, 4.69) is 5.32 Å². The normalized spacial score (nSPS) is 14.2. The van der Waals surface area contributed by atoms with E-state index >= 15 is 0 Å². The van der Waals surface area contributed by atoms with E-state index in [0.29, 0.717) is 26.2 Å². The lowest BCUT2D eigenvalue weighted by molar-refractivity contribution is -0.140.